The highest BCUT2D eigenvalue weighted by Gasteiger charge is 2.40. The van der Waals surface area contributed by atoms with Crippen molar-refractivity contribution in [1.29, 1.82) is 0 Å². The molecule has 42 heavy (non-hydrogen) atoms. The third kappa shape index (κ3) is 8.62. The Morgan fingerprint density at radius 1 is 0.976 bits per heavy atom. The largest absolute Gasteiger partial charge is 0.394 e. The fourth-order valence-electron chi connectivity index (χ4n) is 5.81. The van der Waals surface area contributed by atoms with Crippen LogP contribution in [0.1, 0.15) is 78.6 Å². The molecule has 6 N–H and O–H groups in total. The Morgan fingerprint density at radius 3 is 2.24 bits per heavy atom. The molecule has 2 saturated heterocycles. The number of ketones is 2. The van der Waals surface area contributed by atoms with Crippen LogP contribution in [-0.2, 0) is 33.6 Å². The molecular formula is C29H44N6O7. The van der Waals surface area contributed by atoms with Gasteiger partial charge in [0.1, 0.15) is 17.8 Å². The second kappa shape index (κ2) is 14.9. The summed E-state index contributed by atoms with van der Waals surface area (Å²) in [5.74, 6) is -5.03. The Labute approximate surface area is 246 Å². The third-order valence-electron chi connectivity index (χ3n) is 8.16. The molecule has 2 heterocycles. The van der Waals surface area contributed by atoms with Crippen LogP contribution in [0.3, 0.4) is 0 Å². The highest BCUT2D eigenvalue weighted by atomic mass is 16.2. The van der Waals surface area contributed by atoms with Crippen molar-refractivity contribution < 1.29 is 33.6 Å². The van der Waals surface area contributed by atoms with Gasteiger partial charge in [0, 0.05) is 31.1 Å². The number of likely N-dealkylation sites (tertiary alicyclic amines) is 1. The average Bonchev–Trinajstić information content (AvgIpc) is 3.61. The second-order valence-corrected chi connectivity index (χ2v) is 11.8. The van der Waals surface area contributed by atoms with Gasteiger partial charge in [0.15, 0.2) is 5.78 Å². The summed E-state index contributed by atoms with van der Waals surface area (Å²) in [6.45, 7) is 5.42. The number of carbonyl (C=O) groups is 7. The first-order chi connectivity index (χ1) is 19.9. The monoisotopic (exact) mass is 588 g/mol. The summed E-state index contributed by atoms with van der Waals surface area (Å²) < 4.78 is 0. The van der Waals surface area contributed by atoms with E-state index in [4.69, 9.17) is 5.73 Å². The number of allylic oxidation sites excluding steroid dienone is 1. The average molecular weight is 589 g/mol. The molecule has 1 unspecified atom stereocenters. The number of Topliss-reactive ketones (excluding diaryl/α,β-unsaturated/α-hetero) is 1. The zero-order valence-corrected chi connectivity index (χ0v) is 24.7. The molecule has 2 aliphatic heterocycles. The molecular weight excluding hydrogens is 544 g/mol. The van der Waals surface area contributed by atoms with E-state index >= 15 is 0 Å². The molecule has 5 amide bonds. The molecule has 3 aliphatic rings. The first kappa shape index (κ1) is 32.7. The lowest BCUT2D eigenvalue weighted by Gasteiger charge is -2.38. The molecule has 232 valence electrons. The van der Waals surface area contributed by atoms with Crippen LogP contribution < -0.4 is 27.0 Å². The van der Waals surface area contributed by atoms with Crippen LogP contribution in [0, 0.1) is 11.8 Å². The quantitative estimate of drug-likeness (QED) is 0.150. The molecule has 0 aromatic carbocycles. The topological polar surface area (TPSA) is 197 Å². The highest BCUT2D eigenvalue weighted by Crippen LogP contribution is 2.23. The minimum Gasteiger partial charge on any atom is -0.394 e. The second-order valence-electron chi connectivity index (χ2n) is 11.8. The molecule has 0 spiro atoms. The van der Waals surface area contributed by atoms with Crippen molar-refractivity contribution in [3.05, 3.63) is 11.8 Å². The molecule has 3 fully saturated rings. The first-order valence-electron chi connectivity index (χ1n) is 14.9. The Bertz CT molecular complexity index is 1110. The Hall–Kier alpha value is -3.77. The SMILES string of the molecule is CC(=O)/C=C(\N)C(=O)N[C@H](C(=O)N1CCCCC1C(=O)N[C@@H](C[C@@H]1CCNC1=O)C(=O)C(=O)NC1CCCC1)C(C)C. The van der Waals surface area contributed by atoms with Crippen molar-refractivity contribution in [3.8, 4) is 0 Å². The van der Waals surface area contributed by atoms with Gasteiger partial charge >= 0.3 is 0 Å². The number of amides is 5. The maximum Gasteiger partial charge on any atom is 0.289 e. The van der Waals surface area contributed by atoms with Crippen molar-refractivity contribution in [2.75, 3.05) is 13.1 Å². The van der Waals surface area contributed by atoms with E-state index in [2.05, 4.69) is 21.3 Å². The summed E-state index contributed by atoms with van der Waals surface area (Å²) in [6.07, 6.45) is 6.52. The van der Waals surface area contributed by atoms with E-state index < -0.39 is 59.2 Å². The minimum absolute atomic E-state index is 0.0262. The predicted octanol–water partition coefficient (Wildman–Crippen LogP) is -0.421. The molecule has 0 bridgehead atoms. The number of rotatable bonds is 12. The van der Waals surface area contributed by atoms with E-state index in [1.807, 2.05) is 0 Å². The van der Waals surface area contributed by atoms with Gasteiger partial charge in [-0.15, -0.1) is 0 Å². The van der Waals surface area contributed by atoms with Crippen LogP contribution in [0.5, 0.6) is 0 Å². The molecule has 0 aromatic heterocycles. The summed E-state index contributed by atoms with van der Waals surface area (Å²) in [5, 5.41) is 10.8. The fraction of sp³-hybridized carbons (Fsp3) is 0.690. The van der Waals surface area contributed by atoms with Gasteiger partial charge in [-0.05, 0) is 57.8 Å². The Balaban J connectivity index is 1.77. The van der Waals surface area contributed by atoms with Crippen molar-refractivity contribution in [2.45, 2.75) is 103 Å². The number of nitrogens with zero attached hydrogens (tertiary/aromatic N) is 1. The number of piperidine rings is 1. The van der Waals surface area contributed by atoms with Crippen LogP contribution >= 0.6 is 0 Å². The Kier molecular flexibility index (Phi) is 11.6. The number of nitrogens with one attached hydrogen (secondary N) is 4. The number of nitrogens with two attached hydrogens (primary N) is 1. The van der Waals surface area contributed by atoms with E-state index in [0.717, 1.165) is 31.8 Å². The molecule has 0 aromatic rings. The standard InChI is InChI=1S/C29H44N6O7/c1-16(2)23(34-26(39)20(30)14-17(3)36)29(42)35-13-7-6-10-22(35)27(40)33-21(15-18-11-12-31-25(18)38)24(37)28(41)32-19-8-4-5-9-19/h14,16,18-19,21-23H,4-13,15,30H2,1-3H3,(H,31,38)(H,32,41)(H,33,40)(H,34,39)/b20-14-/t18-,21-,22?,23-/m0/s1. The van der Waals surface area contributed by atoms with Crippen LogP contribution in [0.15, 0.2) is 11.8 Å². The number of hydrogen-bond donors (Lipinski definition) is 5. The van der Waals surface area contributed by atoms with Crippen LogP contribution in [0.4, 0.5) is 0 Å². The first-order valence-corrected chi connectivity index (χ1v) is 14.9. The molecule has 0 radical (unpaired) electrons. The van der Waals surface area contributed by atoms with Gasteiger partial charge < -0.3 is 31.9 Å². The van der Waals surface area contributed by atoms with E-state index in [0.29, 0.717) is 32.2 Å². The van der Waals surface area contributed by atoms with Gasteiger partial charge in [-0.1, -0.05) is 26.7 Å². The highest BCUT2D eigenvalue weighted by molar-refractivity contribution is 6.38. The molecule has 13 heteroatoms. The normalized spacial score (nSPS) is 22.7. The van der Waals surface area contributed by atoms with Gasteiger partial charge in [-0.2, -0.15) is 0 Å². The summed E-state index contributed by atoms with van der Waals surface area (Å²) >= 11 is 0. The summed E-state index contributed by atoms with van der Waals surface area (Å²) in [6, 6.07) is -3.30. The summed E-state index contributed by atoms with van der Waals surface area (Å²) in [5.41, 5.74) is 5.37. The zero-order chi connectivity index (χ0) is 31.0. The van der Waals surface area contributed by atoms with E-state index in [9.17, 15) is 33.6 Å². The lowest BCUT2D eigenvalue weighted by atomic mass is 9.93. The smallest absolute Gasteiger partial charge is 0.289 e. The van der Waals surface area contributed by atoms with Gasteiger partial charge in [0.05, 0.1) is 6.04 Å². The van der Waals surface area contributed by atoms with Crippen molar-refractivity contribution in [2.24, 2.45) is 17.6 Å². The zero-order valence-electron chi connectivity index (χ0n) is 24.7. The van der Waals surface area contributed by atoms with Crippen molar-refractivity contribution in [3.63, 3.8) is 0 Å². The van der Waals surface area contributed by atoms with Gasteiger partial charge in [0.25, 0.3) is 11.8 Å². The summed E-state index contributed by atoms with van der Waals surface area (Å²) in [7, 11) is 0. The van der Waals surface area contributed by atoms with Crippen LogP contribution in [0.2, 0.25) is 0 Å². The molecule has 4 atom stereocenters. The third-order valence-corrected chi connectivity index (χ3v) is 8.16. The van der Waals surface area contributed by atoms with Crippen molar-refractivity contribution in [1.82, 2.24) is 26.2 Å². The number of hydrogen-bond acceptors (Lipinski definition) is 8. The molecule has 1 aliphatic carbocycles. The predicted molar refractivity (Wildman–Crippen MR) is 152 cm³/mol. The van der Waals surface area contributed by atoms with Crippen LogP contribution in [-0.4, -0.2) is 83.3 Å². The molecule has 13 nitrogen and oxygen atoms in total. The van der Waals surface area contributed by atoms with Crippen LogP contribution in [0.25, 0.3) is 0 Å². The maximum atomic E-state index is 13.7. The van der Waals surface area contributed by atoms with E-state index in [1.54, 1.807) is 13.8 Å². The number of carbonyl (C=O) groups excluding carboxylic acids is 7. The minimum atomic E-state index is -1.23. The van der Waals surface area contributed by atoms with E-state index in [-0.39, 0.29) is 36.5 Å². The van der Waals surface area contributed by atoms with Gasteiger partial charge in [-0.25, -0.2) is 0 Å². The molecule has 3 rings (SSSR count). The van der Waals surface area contributed by atoms with Crippen molar-refractivity contribution >= 4 is 41.1 Å². The van der Waals surface area contributed by atoms with Gasteiger partial charge in [0.2, 0.25) is 23.5 Å². The lowest BCUT2D eigenvalue weighted by Crippen LogP contribution is -2.60. The fourth-order valence-corrected chi connectivity index (χ4v) is 5.81. The molecule has 1 saturated carbocycles. The van der Waals surface area contributed by atoms with Gasteiger partial charge in [-0.3, -0.25) is 33.6 Å². The maximum absolute atomic E-state index is 13.7. The summed E-state index contributed by atoms with van der Waals surface area (Å²) in [4.78, 5) is 91.1. The Morgan fingerprint density at radius 2 is 1.64 bits per heavy atom. The van der Waals surface area contributed by atoms with E-state index in [1.165, 1.54) is 11.8 Å². The lowest BCUT2D eigenvalue weighted by molar-refractivity contribution is -0.147.